The van der Waals surface area contributed by atoms with Gasteiger partial charge in [-0.25, -0.2) is 0 Å². The molecule has 15 heavy (non-hydrogen) atoms. The van der Waals surface area contributed by atoms with Crippen molar-refractivity contribution in [2.45, 2.75) is 39.7 Å². The zero-order valence-corrected chi connectivity index (χ0v) is 9.83. The summed E-state index contributed by atoms with van der Waals surface area (Å²) >= 11 is 0. The van der Waals surface area contributed by atoms with Crippen molar-refractivity contribution in [3.8, 4) is 0 Å². The Hall–Kier alpha value is -0.930. The molecule has 2 unspecified atom stereocenters. The number of hydrazine groups is 1. The fourth-order valence-corrected chi connectivity index (χ4v) is 1.72. The normalized spacial score (nSPS) is 14.9. The molecule has 3 heteroatoms. The molecule has 0 spiro atoms. The van der Waals surface area contributed by atoms with E-state index in [1.807, 2.05) is 19.2 Å². The molecule has 1 aromatic heterocycles. The van der Waals surface area contributed by atoms with E-state index in [1.54, 1.807) is 0 Å². The quantitative estimate of drug-likeness (QED) is 0.575. The highest BCUT2D eigenvalue weighted by molar-refractivity contribution is 5.22. The van der Waals surface area contributed by atoms with Crippen molar-refractivity contribution in [1.29, 1.82) is 0 Å². The van der Waals surface area contributed by atoms with Gasteiger partial charge >= 0.3 is 0 Å². The van der Waals surface area contributed by atoms with Gasteiger partial charge in [-0.15, -0.1) is 0 Å². The van der Waals surface area contributed by atoms with Crippen molar-refractivity contribution in [3.05, 3.63) is 29.6 Å². The van der Waals surface area contributed by atoms with Gasteiger partial charge in [-0.3, -0.25) is 16.3 Å². The summed E-state index contributed by atoms with van der Waals surface area (Å²) in [6, 6.07) is 4.27. The van der Waals surface area contributed by atoms with Crippen LogP contribution in [0.4, 0.5) is 0 Å². The first-order valence-corrected chi connectivity index (χ1v) is 5.56. The third-order valence-corrected chi connectivity index (χ3v) is 2.96. The Morgan fingerprint density at radius 3 is 2.80 bits per heavy atom. The van der Waals surface area contributed by atoms with Crippen LogP contribution in [-0.4, -0.2) is 4.98 Å². The maximum Gasteiger partial charge on any atom is 0.0480 e. The van der Waals surface area contributed by atoms with Crippen molar-refractivity contribution in [3.63, 3.8) is 0 Å². The van der Waals surface area contributed by atoms with Gasteiger partial charge in [0.25, 0.3) is 0 Å². The molecule has 2 atom stereocenters. The standard InChI is InChI=1S/C12H21N3/c1-4-9(2)8-12(15-13)11-6-5-7-14-10(11)3/h5-7,9,12,15H,4,8,13H2,1-3H3. The lowest BCUT2D eigenvalue weighted by Crippen LogP contribution is -2.30. The van der Waals surface area contributed by atoms with Crippen LogP contribution in [0, 0.1) is 12.8 Å². The minimum absolute atomic E-state index is 0.216. The van der Waals surface area contributed by atoms with Gasteiger partial charge in [-0.2, -0.15) is 0 Å². The molecule has 0 aliphatic rings. The van der Waals surface area contributed by atoms with E-state index >= 15 is 0 Å². The lowest BCUT2D eigenvalue weighted by Gasteiger charge is -2.20. The smallest absolute Gasteiger partial charge is 0.0480 e. The molecule has 3 N–H and O–H groups in total. The third kappa shape index (κ3) is 3.29. The number of hydrogen-bond acceptors (Lipinski definition) is 3. The summed E-state index contributed by atoms with van der Waals surface area (Å²) in [5, 5.41) is 0. The summed E-state index contributed by atoms with van der Waals surface area (Å²) < 4.78 is 0. The molecular weight excluding hydrogens is 186 g/mol. The van der Waals surface area contributed by atoms with Crippen molar-refractivity contribution < 1.29 is 0 Å². The van der Waals surface area contributed by atoms with Crippen molar-refractivity contribution >= 4 is 0 Å². The molecule has 0 amide bonds. The van der Waals surface area contributed by atoms with Crippen LogP contribution in [0.25, 0.3) is 0 Å². The van der Waals surface area contributed by atoms with Gasteiger partial charge in [0.2, 0.25) is 0 Å². The Labute approximate surface area is 92.1 Å². The van der Waals surface area contributed by atoms with E-state index < -0.39 is 0 Å². The molecule has 0 fully saturated rings. The first-order valence-electron chi connectivity index (χ1n) is 5.56. The third-order valence-electron chi connectivity index (χ3n) is 2.96. The molecule has 0 radical (unpaired) electrons. The number of nitrogens with zero attached hydrogens (tertiary/aromatic N) is 1. The Balaban J connectivity index is 2.78. The van der Waals surface area contributed by atoms with Gasteiger partial charge < -0.3 is 0 Å². The number of aromatic nitrogens is 1. The van der Waals surface area contributed by atoms with Gasteiger partial charge in [0.15, 0.2) is 0 Å². The molecule has 0 aliphatic carbocycles. The van der Waals surface area contributed by atoms with E-state index in [1.165, 1.54) is 12.0 Å². The zero-order chi connectivity index (χ0) is 11.3. The molecule has 1 aromatic rings. The van der Waals surface area contributed by atoms with E-state index in [-0.39, 0.29) is 6.04 Å². The summed E-state index contributed by atoms with van der Waals surface area (Å²) in [4.78, 5) is 4.29. The number of aryl methyl sites for hydroxylation is 1. The van der Waals surface area contributed by atoms with E-state index in [4.69, 9.17) is 5.84 Å². The lowest BCUT2D eigenvalue weighted by atomic mass is 9.94. The minimum atomic E-state index is 0.216. The van der Waals surface area contributed by atoms with Crippen LogP contribution in [0.1, 0.15) is 44.0 Å². The molecule has 0 saturated carbocycles. The van der Waals surface area contributed by atoms with Crippen LogP contribution in [0.15, 0.2) is 18.3 Å². The summed E-state index contributed by atoms with van der Waals surface area (Å²) in [6.07, 6.45) is 4.05. The zero-order valence-electron chi connectivity index (χ0n) is 9.83. The molecule has 0 aliphatic heterocycles. The fourth-order valence-electron chi connectivity index (χ4n) is 1.72. The van der Waals surface area contributed by atoms with Crippen molar-refractivity contribution in [1.82, 2.24) is 10.4 Å². The maximum atomic E-state index is 5.60. The highest BCUT2D eigenvalue weighted by Gasteiger charge is 2.14. The van der Waals surface area contributed by atoms with E-state index in [9.17, 15) is 0 Å². The average molecular weight is 207 g/mol. The second-order valence-electron chi connectivity index (χ2n) is 4.15. The monoisotopic (exact) mass is 207 g/mol. The largest absolute Gasteiger partial charge is 0.271 e. The topological polar surface area (TPSA) is 50.9 Å². The van der Waals surface area contributed by atoms with E-state index in [0.717, 1.165) is 12.1 Å². The predicted molar refractivity (Wildman–Crippen MR) is 63.1 cm³/mol. The minimum Gasteiger partial charge on any atom is -0.271 e. The number of hydrogen-bond donors (Lipinski definition) is 2. The number of pyridine rings is 1. The van der Waals surface area contributed by atoms with Gasteiger partial charge in [-0.05, 0) is 30.9 Å². The van der Waals surface area contributed by atoms with Crippen LogP contribution in [0.3, 0.4) is 0 Å². The van der Waals surface area contributed by atoms with Crippen molar-refractivity contribution in [2.75, 3.05) is 0 Å². The van der Waals surface area contributed by atoms with Crippen LogP contribution in [0.2, 0.25) is 0 Å². The Morgan fingerprint density at radius 1 is 1.53 bits per heavy atom. The lowest BCUT2D eigenvalue weighted by molar-refractivity contribution is 0.406. The Bertz CT molecular complexity index is 299. The van der Waals surface area contributed by atoms with Gasteiger partial charge in [0.05, 0.1) is 0 Å². The molecule has 1 rings (SSSR count). The van der Waals surface area contributed by atoms with Gasteiger partial charge in [0, 0.05) is 17.9 Å². The van der Waals surface area contributed by atoms with Crippen LogP contribution >= 0.6 is 0 Å². The molecule has 0 bridgehead atoms. The van der Waals surface area contributed by atoms with Crippen LogP contribution in [-0.2, 0) is 0 Å². The first-order chi connectivity index (χ1) is 7.19. The molecule has 1 heterocycles. The molecule has 0 aromatic carbocycles. The van der Waals surface area contributed by atoms with Crippen LogP contribution < -0.4 is 11.3 Å². The Kier molecular flexibility index (Phi) is 4.72. The highest BCUT2D eigenvalue weighted by atomic mass is 15.2. The van der Waals surface area contributed by atoms with Gasteiger partial charge in [0.1, 0.15) is 0 Å². The maximum absolute atomic E-state index is 5.60. The second-order valence-corrected chi connectivity index (χ2v) is 4.15. The highest BCUT2D eigenvalue weighted by Crippen LogP contribution is 2.23. The molecule has 84 valence electrons. The average Bonchev–Trinajstić information content (AvgIpc) is 2.26. The summed E-state index contributed by atoms with van der Waals surface area (Å²) in [7, 11) is 0. The summed E-state index contributed by atoms with van der Waals surface area (Å²) in [5.74, 6) is 6.27. The SMILES string of the molecule is CCC(C)CC(NN)c1cccnc1C. The molecule has 3 nitrogen and oxygen atoms in total. The van der Waals surface area contributed by atoms with E-state index in [2.05, 4.69) is 30.3 Å². The number of nitrogens with two attached hydrogens (primary N) is 1. The number of nitrogens with one attached hydrogen (secondary N) is 1. The first kappa shape index (κ1) is 12.1. The summed E-state index contributed by atoms with van der Waals surface area (Å²) in [5.41, 5.74) is 5.15. The fraction of sp³-hybridized carbons (Fsp3) is 0.583. The predicted octanol–water partition coefficient (Wildman–Crippen LogP) is 2.33. The van der Waals surface area contributed by atoms with Crippen molar-refractivity contribution in [2.24, 2.45) is 11.8 Å². The van der Waals surface area contributed by atoms with Gasteiger partial charge in [-0.1, -0.05) is 26.3 Å². The molecular formula is C12H21N3. The summed E-state index contributed by atoms with van der Waals surface area (Å²) in [6.45, 7) is 6.47. The number of rotatable bonds is 5. The Morgan fingerprint density at radius 2 is 2.27 bits per heavy atom. The van der Waals surface area contributed by atoms with Crippen LogP contribution in [0.5, 0.6) is 0 Å². The molecule has 0 saturated heterocycles. The second kappa shape index (κ2) is 5.83. The van der Waals surface area contributed by atoms with E-state index in [0.29, 0.717) is 5.92 Å².